The minimum atomic E-state index is -0.161. The van der Waals surface area contributed by atoms with Crippen LogP contribution in [-0.2, 0) is 6.42 Å². The zero-order valence-electron chi connectivity index (χ0n) is 10.4. The van der Waals surface area contributed by atoms with Gasteiger partial charge in [0.25, 0.3) is 0 Å². The molecule has 17 heavy (non-hydrogen) atoms. The second-order valence-corrected chi connectivity index (χ2v) is 4.70. The van der Waals surface area contributed by atoms with Gasteiger partial charge in [0.1, 0.15) is 5.82 Å². The first-order valence-corrected chi connectivity index (χ1v) is 6.40. The number of hydrogen-bond acceptors (Lipinski definition) is 1. The Morgan fingerprint density at radius 3 is 2.59 bits per heavy atom. The first-order chi connectivity index (χ1) is 8.29. The van der Waals surface area contributed by atoms with Gasteiger partial charge in [0.05, 0.1) is 0 Å². The molecule has 0 bridgehead atoms. The molecule has 1 aromatic carbocycles. The van der Waals surface area contributed by atoms with Crippen molar-refractivity contribution >= 4 is 0 Å². The highest BCUT2D eigenvalue weighted by Crippen LogP contribution is 2.22. The quantitative estimate of drug-likeness (QED) is 0.785. The van der Waals surface area contributed by atoms with E-state index in [1.165, 1.54) is 49.0 Å². The molecular formula is C15H20FN. The number of halogens is 1. The van der Waals surface area contributed by atoms with Gasteiger partial charge in [-0.25, -0.2) is 4.39 Å². The van der Waals surface area contributed by atoms with Crippen molar-refractivity contribution in [3.05, 3.63) is 47.3 Å². The van der Waals surface area contributed by atoms with Gasteiger partial charge in [0, 0.05) is 6.04 Å². The van der Waals surface area contributed by atoms with Crippen LogP contribution >= 0.6 is 0 Å². The van der Waals surface area contributed by atoms with Crippen LogP contribution in [0.5, 0.6) is 0 Å². The van der Waals surface area contributed by atoms with E-state index in [1.807, 2.05) is 19.2 Å². The summed E-state index contributed by atoms with van der Waals surface area (Å²) in [4.78, 5) is 0. The van der Waals surface area contributed by atoms with Gasteiger partial charge < -0.3 is 5.32 Å². The van der Waals surface area contributed by atoms with Crippen LogP contribution < -0.4 is 5.32 Å². The Balaban J connectivity index is 2.04. The summed E-state index contributed by atoms with van der Waals surface area (Å²) in [7, 11) is 2.00. The Labute approximate surface area is 103 Å². The van der Waals surface area contributed by atoms with Crippen LogP contribution in [0.25, 0.3) is 0 Å². The summed E-state index contributed by atoms with van der Waals surface area (Å²) in [5.74, 6) is -0.161. The molecule has 0 spiro atoms. The van der Waals surface area contributed by atoms with Crippen LogP contribution in [0.15, 0.2) is 35.9 Å². The molecule has 1 aliphatic carbocycles. The molecule has 0 radical (unpaired) electrons. The molecule has 1 N–H and O–H groups in total. The Hall–Kier alpha value is -1.15. The largest absolute Gasteiger partial charge is 0.313 e. The number of benzene rings is 1. The summed E-state index contributed by atoms with van der Waals surface area (Å²) in [6, 6.07) is 7.24. The van der Waals surface area contributed by atoms with Crippen molar-refractivity contribution in [1.82, 2.24) is 5.32 Å². The number of likely N-dealkylation sites (N-methyl/N-ethyl adjacent to an activating group) is 1. The maximum absolute atomic E-state index is 12.8. The van der Waals surface area contributed by atoms with Gasteiger partial charge in [-0.15, -0.1) is 0 Å². The van der Waals surface area contributed by atoms with E-state index in [2.05, 4.69) is 11.4 Å². The fraction of sp³-hybridized carbons (Fsp3) is 0.467. The Bertz CT molecular complexity index is 380. The van der Waals surface area contributed by atoms with E-state index in [1.54, 1.807) is 0 Å². The summed E-state index contributed by atoms with van der Waals surface area (Å²) >= 11 is 0. The van der Waals surface area contributed by atoms with Crippen LogP contribution in [-0.4, -0.2) is 13.1 Å². The van der Waals surface area contributed by atoms with Gasteiger partial charge in [0.2, 0.25) is 0 Å². The average molecular weight is 233 g/mol. The third-order valence-corrected chi connectivity index (χ3v) is 3.48. The lowest BCUT2D eigenvalue weighted by Gasteiger charge is -2.23. The van der Waals surface area contributed by atoms with E-state index in [9.17, 15) is 4.39 Å². The summed E-state index contributed by atoms with van der Waals surface area (Å²) in [6.45, 7) is 0. The predicted octanol–water partition coefficient (Wildman–Crippen LogP) is 3.46. The molecule has 1 aliphatic rings. The van der Waals surface area contributed by atoms with Gasteiger partial charge in [-0.2, -0.15) is 0 Å². The molecule has 0 fully saturated rings. The third kappa shape index (κ3) is 3.40. The molecule has 2 heteroatoms. The molecule has 0 heterocycles. The molecular weight excluding hydrogens is 213 g/mol. The van der Waals surface area contributed by atoms with Crippen LogP contribution in [0.1, 0.15) is 31.2 Å². The number of allylic oxidation sites excluding steroid dienone is 1. The summed E-state index contributed by atoms with van der Waals surface area (Å²) in [5, 5.41) is 3.37. The van der Waals surface area contributed by atoms with Gasteiger partial charge in [0.15, 0.2) is 0 Å². The first-order valence-electron chi connectivity index (χ1n) is 6.40. The van der Waals surface area contributed by atoms with Crippen molar-refractivity contribution in [3.63, 3.8) is 0 Å². The molecule has 92 valence electrons. The lowest BCUT2D eigenvalue weighted by atomic mass is 9.90. The molecule has 1 nitrogen and oxygen atoms in total. The zero-order valence-corrected chi connectivity index (χ0v) is 10.4. The van der Waals surface area contributed by atoms with E-state index in [4.69, 9.17) is 0 Å². The Morgan fingerprint density at radius 1 is 1.24 bits per heavy atom. The fourth-order valence-corrected chi connectivity index (χ4v) is 2.45. The van der Waals surface area contributed by atoms with Crippen LogP contribution in [0.3, 0.4) is 0 Å². The van der Waals surface area contributed by atoms with E-state index < -0.39 is 0 Å². The number of rotatable bonds is 4. The molecule has 0 aromatic heterocycles. The molecule has 0 saturated heterocycles. The van der Waals surface area contributed by atoms with Gasteiger partial charge in [-0.05, 0) is 56.8 Å². The minimum Gasteiger partial charge on any atom is -0.313 e. The SMILES string of the molecule is CNC(Cc1ccc(F)cc1)C1=CCCCC1. The summed E-state index contributed by atoms with van der Waals surface area (Å²) in [5.41, 5.74) is 2.71. The van der Waals surface area contributed by atoms with Crippen molar-refractivity contribution in [2.75, 3.05) is 7.05 Å². The maximum Gasteiger partial charge on any atom is 0.123 e. The molecule has 0 saturated carbocycles. The number of nitrogens with one attached hydrogen (secondary N) is 1. The average Bonchev–Trinajstić information content (AvgIpc) is 2.39. The zero-order chi connectivity index (χ0) is 12.1. The predicted molar refractivity (Wildman–Crippen MR) is 69.5 cm³/mol. The fourth-order valence-electron chi connectivity index (χ4n) is 2.45. The molecule has 2 rings (SSSR count). The molecule has 0 amide bonds. The van der Waals surface area contributed by atoms with E-state index >= 15 is 0 Å². The Morgan fingerprint density at radius 2 is 2.00 bits per heavy atom. The second-order valence-electron chi connectivity index (χ2n) is 4.70. The van der Waals surface area contributed by atoms with Gasteiger partial charge in [-0.3, -0.25) is 0 Å². The Kier molecular flexibility index (Phi) is 4.32. The summed E-state index contributed by atoms with van der Waals surface area (Å²) < 4.78 is 12.8. The molecule has 1 unspecified atom stereocenters. The van der Waals surface area contributed by atoms with Crippen LogP contribution in [0.2, 0.25) is 0 Å². The van der Waals surface area contributed by atoms with Crippen molar-refractivity contribution < 1.29 is 4.39 Å². The molecule has 1 aromatic rings. The highest BCUT2D eigenvalue weighted by Gasteiger charge is 2.14. The summed E-state index contributed by atoms with van der Waals surface area (Å²) in [6.07, 6.45) is 8.34. The van der Waals surface area contributed by atoms with E-state index in [0.29, 0.717) is 6.04 Å². The molecule has 1 atom stereocenters. The number of hydrogen-bond donors (Lipinski definition) is 1. The topological polar surface area (TPSA) is 12.0 Å². The first kappa shape index (κ1) is 12.3. The minimum absolute atomic E-state index is 0.161. The monoisotopic (exact) mass is 233 g/mol. The van der Waals surface area contributed by atoms with Crippen LogP contribution in [0, 0.1) is 5.82 Å². The second kappa shape index (κ2) is 5.97. The normalized spacial score (nSPS) is 17.6. The van der Waals surface area contributed by atoms with Crippen molar-refractivity contribution in [2.45, 2.75) is 38.1 Å². The highest BCUT2D eigenvalue weighted by atomic mass is 19.1. The van der Waals surface area contributed by atoms with E-state index in [0.717, 1.165) is 6.42 Å². The van der Waals surface area contributed by atoms with Crippen molar-refractivity contribution in [2.24, 2.45) is 0 Å². The highest BCUT2D eigenvalue weighted by molar-refractivity contribution is 5.22. The van der Waals surface area contributed by atoms with Gasteiger partial charge in [-0.1, -0.05) is 23.8 Å². The lowest BCUT2D eigenvalue weighted by Crippen LogP contribution is -2.30. The van der Waals surface area contributed by atoms with Crippen molar-refractivity contribution in [3.8, 4) is 0 Å². The standard InChI is InChI=1S/C15H20FN/c1-17-15(13-5-3-2-4-6-13)11-12-7-9-14(16)10-8-12/h5,7-10,15,17H,2-4,6,11H2,1H3. The smallest absolute Gasteiger partial charge is 0.123 e. The molecule has 0 aliphatic heterocycles. The van der Waals surface area contributed by atoms with Crippen LogP contribution in [0.4, 0.5) is 4.39 Å². The van der Waals surface area contributed by atoms with E-state index in [-0.39, 0.29) is 5.82 Å². The maximum atomic E-state index is 12.8. The van der Waals surface area contributed by atoms with Gasteiger partial charge >= 0.3 is 0 Å². The third-order valence-electron chi connectivity index (χ3n) is 3.48. The van der Waals surface area contributed by atoms with Crippen molar-refractivity contribution in [1.29, 1.82) is 0 Å². The lowest BCUT2D eigenvalue weighted by molar-refractivity contribution is 0.568.